The molecule has 0 heterocycles. The van der Waals surface area contributed by atoms with Crippen molar-refractivity contribution in [3.8, 4) is 0 Å². The first-order chi connectivity index (χ1) is 2.77. The summed E-state index contributed by atoms with van der Waals surface area (Å²) in [5.74, 6) is 0.0463. The van der Waals surface area contributed by atoms with Crippen molar-refractivity contribution in [2.75, 3.05) is 6.61 Å². The van der Waals surface area contributed by atoms with E-state index in [9.17, 15) is 4.79 Å². The Kier molecular flexibility index (Phi) is 3.45. The second kappa shape index (κ2) is 3.36. The fourth-order valence-electron chi connectivity index (χ4n) is 0.117. The van der Waals surface area contributed by atoms with Gasteiger partial charge in [0.2, 0.25) is 0 Å². The quantitative estimate of drug-likeness (QED) is 0.444. The Hall–Kier alpha value is 0.162. The molecule has 0 atom stereocenters. The number of carbonyl (C=O) groups excluding carboxylic acids is 1. The molecule has 0 N–H and O–H groups in total. The molecule has 0 amide bonds. The predicted molar refractivity (Wildman–Crippen MR) is 22.4 cm³/mol. The second-order valence-electron chi connectivity index (χ2n) is 1.01. The molecular formula is C3H5AlO2. The van der Waals surface area contributed by atoms with Gasteiger partial charge in [-0.3, -0.25) is 4.79 Å². The fourth-order valence-corrected chi connectivity index (χ4v) is 0.352. The van der Waals surface area contributed by atoms with E-state index in [4.69, 9.17) is 0 Å². The van der Waals surface area contributed by atoms with Crippen molar-refractivity contribution in [1.29, 1.82) is 0 Å². The molecule has 0 aliphatic rings. The lowest BCUT2D eigenvalue weighted by Crippen LogP contribution is -1.99. The van der Waals surface area contributed by atoms with Crippen molar-refractivity contribution in [2.24, 2.45) is 0 Å². The van der Waals surface area contributed by atoms with Crippen LogP contribution < -0.4 is 0 Å². The van der Waals surface area contributed by atoms with Crippen LogP contribution >= 0.6 is 0 Å². The minimum atomic E-state index is 0.0463. The predicted octanol–water partition coefficient (Wildman–Crippen LogP) is -0.325. The zero-order valence-electron chi connectivity index (χ0n) is 3.60. The molecule has 2 radical (unpaired) electrons. The van der Waals surface area contributed by atoms with Gasteiger partial charge in [-0.15, -0.1) is 0 Å². The van der Waals surface area contributed by atoms with Crippen LogP contribution in [0.5, 0.6) is 0 Å². The number of ketones is 1. The molecule has 0 spiro atoms. The summed E-state index contributed by atoms with van der Waals surface area (Å²) < 4.78 is 4.37. The maximum atomic E-state index is 9.91. The third-order valence-electron chi connectivity index (χ3n) is 0.287. The van der Waals surface area contributed by atoms with Crippen molar-refractivity contribution in [3.63, 3.8) is 0 Å². The molecule has 0 aromatic rings. The minimum Gasteiger partial charge on any atom is -0.511 e. The lowest BCUT2D eigenvalue weighted by Gasteiger charge is -1.87. The molecule has 0 aliphatic carbocycles. The van der Waals surface area contributed by atoms with Gasteiger partial charge in [-0.2, -0.15) is 0 Å². The van der Waals surface area contributed by atoms with Gasteiger partial charge in [-0.25, -0.2) is 0 Å². The number of carbonyl (C=O) groups is 1. The normalized spacial score (nSPS) is 8.17. The van der Waals surface area contributed by atoms with E-state index in [2.05, 4.69) is 3.79 Å². The summed E-state index contributed by atoms with van der Waals surface area (Å²) in [6.45, 7) is 1.68. The molecule has 0 aromatic carbocycles. The number of hydrogen-bond donors (Lipinski definition) is 0. The Morgan fingerprint density at radius 2 is 2.50 bits per heavy atom. The Labute approximate surface area is 45.2 Å². The molecule has 6 heavy (non-hydrogen) atoms. The van der Waals surface area contributed by atoms with Gasteiger partial charge in [0.15, 0.2) is 5.78 Å². The van der Waals surface area contributed by atoms with Gasteiger partial charge < -0.3 is 3.79 Å². The van der Waals surface area contributed by atoms with Crippen LogP contribution in [0.2, 0.25) is 0 Å². The van der Waals surface area contributed by atoms with Crippen molar-refractivity contribution < 1.29 is 8.58 Å². The summed E-state index contributed by atoms with van der Waals surface area (Å²) >= 11 is 2.00. The maximum Gasteiger partial charge on any atom is 0.369 e. The Balaban J connectivity index is 2.83. The molecule has 0 saturated heterocycles. The summed E-state index contributed by atoms with van der Waals surface area (Å²) in [7, 11) is 0. The zero-order chi connectivity index (χ0) is 4.99. The SMILES string of the molecule is CC(=O)C[O][Al]. The molecule has 0 bridgehead atoms. The van der Waals surface area contributed by atoms with Crippen LogP contribution in [0.3, 0.4) is 0 Å². The first kappa shape index (κ1) is 6.16. The van der Waals surface area contributed by atoms with E-state index in [0.29, 0.717) is 0 Å². The highest BCUT2D eigenvalue weighted by molar-refractivity contribution is 5.99. The number of Topliss-reactive ketones (excluding diaryl/α,β-unsaturated/α-hetero) is 1. The average molecular weight is 100 g/mol. The number of rotatable bonds is 2. The van der Waals surface area contributed by atoms with E-state index in [0.717, 1.165) is 0 Å². The van der Waals surface area contributed by atoms with Crippen LogP contribution in [0.15, 0.2) is 0 Å². The third-order valence-corrected chi connectivity index (χ3v) is 0.453. The summed E-state index contributed by atoms with van der Waals surface area (Å²) in [5.41, 5.74) is 0. The molecule has 32 valence electrons. The van der Waals surface area contributed by atoms with Gasteiger partial charge in [0.25, 0.3) is 0 Å². The fraction of sp³-hybridized carbons (Fsp3) is 0.667. The highest BCUT2D eigenvalue weighted by atomic mass is 27.1. The summed E-state index contributed by atoms with van der Waals surface area (Å²) in [5, 5.41) is 0. The summed E-state index contributed by atoms with van der Waals surface area (Å²) in [6, 6.07) is 0. The van der Waals surface area contributed by atoms with Crippen LogP contribution in [0, 0.1) is 0 Å². The van der Waals surface area contributed by atoms with Crippen molar-refractivity contribution >= 4 is 22.4 Å². The van der Waals surface area contributed by atoms with Crippen LogP contribution in [0.4, 0.5) is 0 Å². The van der Waals surface area contributed by atoms with E-state index in [1.54, 1.807) is 0 Å². The molecular weight excluding hydrogens is 95.0 g/mol. The lowest BCUT2D eigenvalue weighted by atomic mass is 10.5. The molecule has 0 unspecified atom stereocenters. The van der Waals surface area contributed by atoms with Gasteiger partial charge in [-0.05, 0) is 6.92 Å². The standard InChI is InChI=1S/C3H5O2.Al/c1-3(5)2-4;/h2H2,1H3;/q-1;+1. The molecule has 3 heteroatoms. The molecule has 0 rings (SSSR count). The van der Waals surface area contributed by atoms with Crippen LogP contribution in [-0.2, 0) is 8.58 Å². The topological polar surface area (TPSA) is 26.3 Å². The first-order valence-corrected chi connectivity index (χ1v) is 2.05. The zero-order valence-corrected chi connectivity index (χ0v) is 4.76. The summed E-state index contributed by atoms with van der Waals surface area (Å²) in [6.07, 6.45) is 0. The molecule has 0 aromatic heterocycles. The molecule has 0 aliphatic heterocycles. The van der Waals surface area contributed by atoms with Crippen molar-refractivity contribution in [2.45, 2.75) is 6.92 Å². The van der Waals surface area contributed by atoms with Crippen molar-refractivity contribution in [3.05, 3.63) is 0 Å². The van der Waals surface area contributed by atoms with Crippen molar-refractivity contribution in [1.82, 2.24) is 0 Å². The van der Waals surface area contributed by atoms with E-state index in [-0.39, 0.29) is 12.4 Å². The highest BCUT2D eigenvalue weighted by Crippen LogP contribution is 1.65. The van der Waals surface area contributed by atoms with E-state index in [1.165, 1.54) is 6.92 Å². The molecule has 0 saturated carbocycles. The Morgan fingerprint density at radius 1 is 2.00 bits per heavy atom. The van der Waals surface area contributed by atoms with E-state index in [1.807, 2.05) is 16.6 Å². The van der Waals surface area contributed by atoms with Crippen LogP contribution in [-0.4, -0.2) is 29.0 Å². The second-order valence-corrected chi connectivity index (χ2v) is 1.35. The third kappa shape index (κ3) is 4.16. The monoisotopic (exact) mass is 100 g/mol. The largest absolute Gasteiger partial charge is 0.511 e. The van der Waals surface area contributed by atoms with Gasteiger partial charge in [0.05, 0.1) is 6.61 Å². The van der Waals surface area contributed by atoms with E-state index < -0.39 is 0 Å². The molecule has 2 nitrogen and oxygen atoms in total. The van der Waals surface area contributed by atoms with Gasteiger partial charge >= 0.3 is 16.6 Å². The van der Waals surface area contributed by atoms with Crippen LogP contribution in [0.25, 0.3) is 0 Å². The van der Waals surface area contributed by atoms with Gasteiger partial charge in [0.1, 0.15) is 0 Å². The van der Waals surface area contributed by atoms with Crippen LogP contribution in [0.1, 0.15) is 6.92 Å². The summed E-state index contributed by atoms with van der Waals surface area (Å²) in [4.78, 5) is 9.91. The van der Waals surface area contributed by atoms with E-state index >= 15 is 0 Å². The van der Waals surface area contributed by atoms with Gasteiger partial charge in [-0.1, -0.05) is 0 Å². The first-order valence-electron chi connectivity index (χ1n) is 1.58. The van der Waals surface area contributed by atoms with Gasteiger partial charge in [0, 0.05) is 0 Å². The highest BCUT2D eigenvalue weighted by Gasteiger charge is 1.82. The lowest BCUT2D eigenvalue weighted by molar-refractivity contribution is -0.118. The molecule has 0 fully saturated rings. The Morgan fingerprint density at radius 3 is 2.50 bits per heavy atom. The number of hydrogen-bond acceptors (Lipinski definition) is 2. The maximum absolute atomic E-state index is 9.91. The minimum absolute atomic E-state index is 0.0463. The average Bonchev–Trinajstić information content (AvgIpc) is 1.35. The smallest absolute Gasteiger partial charge is 0.369 e. The Bertz CT molecular complexity index is 52.8.